The first-order valence-corrected chi connectivity index (χ1v) is 13.6. The first kappa shape index (κ1) is 37.9. The highest BCUT2D eigenvalue weighted by Gasteiger charge is 2.34. The third-order valence-electron chi connectivity index (χ3n) is 5.49. The molecule has 1 aliphatic heterocycles. The van der Waals surface area contributed by atoms with E-state index in [4.69, 9.17) is 20.9 Å². The van der Waals surface area contributed by atoms with Gasteiger partial charge in [0.1, 0.15) is 25.0 Å². The molecule has 5 N–H and O–H groups in total. The zero-order valence-electron chi connectivity index (χ0n) is 23.7. The maximum Gasteiger partial charge on any atom is 0.415 e. The number of cyclic esters (lactones) is 2. The lowest BCUT2D eigenvalue weighted by Crippen LogP contribution is -2.33. The summed E-state index contributed by atoms with van der Waals surface area (Å²) < 4.78 is 14.3. The summed E-state index contributed by atoms with van der Waals surface area (Å²) in [6.07, 6.45) is 2.18. The molecular formula is C31H45N3O8. The molecule has 1 heterocycles. The molecule has 3 rings (SSSR count). The topological polar surface area (TPSA) is 177 Å². The van der Waals surface area contributed by atoms with Gasteiger partial charge in [0.15, 0.2) is 0 Å². The van der Waals surface area contributed by atoms with Crippen LogP contribution in [0.15, 0.2) is 60.7 Å². The molecule has 2 atom stereocenters. The lowest BCUT2D eigenvalue weighted by Gasteiger charge is -2.10. The summed E-state index contributed by atoms with van der Waals surface area (Å²) in [5, 5.41) is 2.22. The lowest BCUT2D eigenvalue weighted by molar-refractivity contribution is -0.148. The van der Waals surface area contributed by atoms with Crippen LogP contribution in [0.25, 0.3) is 0 Å². The Morgan fingerprint density at radius 3 is 1.81 bits per heavy atom. The van der Waals surface area contributed by atoms with Gasteiger partial charge in [0.2, 0.25) is 0 Å². The van der Waals surface area contributed by atoms with Crippen molar-refractivity contribution in [3.05, 3.63) is 71.8 Å². The van der Waals surface area contributed by atoms with Crippen molar-refractivity contribution >= 4 is 29.8 Å². The van der Waals surface area contributed by atoms with Gasteiger partial charge >= 0.3 is 24.0 Å². The number of ether oxygens (including phenoxy) is 3. The third kappa shape index (κ3) is 16.9. The fraction of sp³-hybridized carbons (Fsp3) is 0.452. The molecule has 0 aliphatic carbocycles. The van der Waals surface area contributed by atoms with Crippen molar-refractivity contribution in [1.29, 1.82) is 0 Å². The number of amides is 1. The van der Waals surface area contributed by atoms with Crippen LogP contribution in [0, 0.1) is 0 Å². The second-order valence-corrected chi connectivity index (χ2v) is 9.07. The highest BCUT2D eigenvalue weighted by molar-refractivity contribution is 5.97. The number of esters is 3. The van der Waals surface area contributed by atoms with E-state index in [9.17, 15) is 24.0 Å². The minimum absolute atomic E-state index is 0. The smallest absolute Gasteiger partial charge is 0.415 e. The molecule has 1 fully saturated rings. The maximum atomic E-state index is 11.6. The number of carbonyl (C=O) groups is 5. The predicted molar refractivity (Wildman–Crippen MR) is 159 cm³/mol. The summed E-state index contributed by atoms with van der Waals surface area (Å²) in [5.74, 6) is -1.82. The number of ketones is 1. The second kappa shape index (κ2) is 22.6. The van der Waals surface area contributed by atoms with Crippen LogP contribution in [0.4, 0.5) is 4.79 Å². The average Bonchev–Trinajstić information content (AvgIpc) is 3.30. The molecule has 0 saturated carbocycles. The van der Waals surface area contributed by atoms with Gasteiger partial charge in [-0.15, -0.1) is 0 Å². The van der Waals surface area contributed by atoms with Crippen LogP contribution in [0.1, 0.15) is 70.9 Å². The van der Waals surface area contributed by atoms with Gasteiger partial charge in [0.05, 0.1) is 18.9 Å². The Kier molecular flexibility index (Phi) is 20.4. The van der Waals surface area contributed by atoms with Crippen LogP contribution < -0.4 is 16.8 Å². The van der Waals surface area contributed by atoms with Gasteiger partial charge in [-0.05, 0) is 30.5 Å². The number of hydrogen-bond donors (Lipinski definition) is 3. The standard InChI is InChI=1S/C15H21NO3.C12H11NO5.C3H9N.CH4/c1-2-3-9-14(17)13(16)10-15(18)19-11-12-7-5-4-6-8-12;14-10(6-9-11(15)18-12(16)13-9)17-7-8-4-2-1-3-5-8;1-2-3-4;/h4-8,13H,2-3,9-11,16H2,1H3;1-5,9H,6-7H2,(H,13,16);2-4H2,1H3;1H4. The number of Topliss-reactive ketones (excluding diaryl/α,β-unsaturated/α-hetero) is 1. The van der Waals surface area contributed by atoms with E-state index in [1.54, 1.807) is 0 Å². The molecule has 11 nitrogen and oxygen atoms in total. The van der Waals surface area contributed by atoms with Gasteiger partial charge in [-0.1, -0.05) is 88.4 Å². The summed E-state index contributed by atoms with van der Waals surface area (Å²) in [4.78, 5) is 56.4. The minimum Gasteiger partial charge on any atom is -0.461 e. The normalized spacial score (nSPS) is 13.9. The Bertz CT molecular complexity index is 1080. The molecule has 1 aliphatic rings. The molecule has 0 aromatic heterocycles. The average molecular weight is 588 g/mol. The number of benzene rings is 2. The highest BCUT2D eigenvalue weighted by atomic mass is 16.6. The molecule has 2 aromatic rings. The van der Waals surface area contributed by atoms with Gasteiger partial charge in [-0.3, -0.25) is 14.4 Å². The van der Waals surface area contributed by atoms with Crippen molar-refractivity contribution in [2.24, 2.45) is 11.5 Å². The molecule has 2 aromatic carbocycles. The molecule has 1 amide bonds. The fourth-order valence-electron chi connectivity index (χ4n) is 3.12. The van der Waals surface area contributed by atoms with E-state index >= 15 is 0 Å². The number of carbonyl (C=O) groups excluding carboxylic acids is 5. The quantitative estimate of drug-likeness (QED) is 0.177. The largest absolute Gasteiger partial charge is 0.461 e. The Hall–Kier alpha value is -4.09. The van der Waals surface area contributed by atoms with Crippen molar-refractivity contribution in [3.63, 3.8) is 0 Å². The number of nitrogens with one attached hydrogen (secondary N) is 1. The molecule has 232 valence electrons. The lowest BCUT2D eigenvalue weighted by atomic mass is 10.1. The Morgan fingerprint density at radius 1 is 0.881 bits per heavy atom. The third-order valence-corrected chi connectivity index (χ3v) is 5.49. The van der Waals surface area contributed by atoms with Crippen molar-refractivity contribution in [2.75, 3.05) is 6.54 Å². The van der Waals surface area contributed by atoms with Gasteiger partial charge in [-0.25, -0.2) is 9.59 Å². The molecule has 0 bridgehead atoms. The van der Waals surface area contributed by atoms with Crippen LogP contribution >= 0.6 is 0 Å². The minimum atomic E-state index is -0.944. The summed E-state index contributed by atoms with van der Waals surface area (Å²) in [5.41, 5.74) is 12.5. The van der Waals surface area contributed by atoms with Crippen LogP contribution in [0.3, 0.4) is 0 Å². The monoisotopic (exact) mass is 587 g/mol. The summed E-state index contributed by atoms with van der Waals surface area (Å²) in [7, 11) is 0. The van der Waals surface area contributed by atoms with E-state index < -0.39 is 36.1 Å². The number of hydrogen-bond acceptors (Lipinski definition) is 10. The zero-order chi connectivity index (χ0) is 30.5. The summed E-state index contributed by atoms with van der Waals surface area (Å²) >= 11 is 0. The van der Waals surface area contributed by atoms with Gasteiger partial charge in [0, 0.05) is 6.42 Å². The molecule has 0 spiro atoms. The SMILES string of the molecule is C.CCCCC(=O)C(N)CC(=O)OCc1ccccc1.CCCN.O=C(CC1NC(=O)OC1=O)OCc1ccccc1. The Labute approximate surface area is 248 Å². The number of alkyl carbamates (subject to hydrolysis) is 1. The first-order valence-electron chi connectivity index (χ1n) is 13.6. The Morgan fingerprint density at radius 2 is 1.38 bits per heavy atom. The van der Waals surface area contributed by atoms with Crippen LogP contribution in [0.2, 0.25) is 0 Å². The van der Waals surface area contributed by atoms with Crippen molar-refractivity contribution < 1.29 is 38.2 Å². The molecule has 2 unspecified atom stereocenters. The molecular weight excluding hydrogens is 542 g/mol. The molecule has 11 heteroatoms. The number of rotatable bonds is 13. The second-order valence-electron chi connectivity index (χ2n) is 9.07. The predicted octanol–water partition coefficient (Wildman–Crippen LogP) is 3.95. The molecule has 42 heavy (non-hydrogen) atoms. The van der Waals surface area contributed by atoms with E-state index in [-0.39, 0.29) is 39.3 Å². The molecule has 1 saturated heterocycles. The van der Waals surface area contributed by atoms with Crippen molar-refractivity contribution in [3.8, 4) is 0 Å². The van der Waals surface area contributed by atoms with E-state index in [2.05, 4.69) is 17.0 Å². The van der Waals surface area contributed by atoms with Crippen LogP contribution in [-0.2, 0) is 46.6 Å². The van der Waals surface area contributed by atoms with Gasteiger partial charge < -0.3 is 31.0 Å². The van der Waals surface area contributed by atoms with Crippen molar-refractivity contribution in [2.45, 2.75) is 85.1 Å². The van der Waals surface area contributed by atoms with Crippen LogP contribution in [0.5, 0.6) is 0 Å². The van der Waals surface area contributed by atoms with Crippen molar-refractivity contribution in [1.82, 2.24) is 5.32 Å². The first-order chi connectivity index (χ1) is 19.7. The summed E-state index contributed by atoms with van der Waals surface area (Å²) in [6, 6.07) is 16.9. The van der Waals surface area contributed by atoms with E-state index in [1.807, 2.05) is 67.6 Å². The zero-order valence-corrected chi connectivity index (χ0v) is 23.7. The number of unbranched alkanes of at least 4 members (excludes halogenated alkanes) is 1. The van der Waals surface area contributed by atoms with Gasteiger partial charge in [-0.2, -0.15) is 0 Å². The fourth-order valence-corrected chi connectivity index (χ4v) is 3.12. The Balaban J connectivity index is 0.000000696. The van der Waals surface area contributed by atoms with Crippen LogP contribution in [-0.4, -0.2) is 48.4 Å². The molecule has 0 radical (unpaired) electrons. The van der Waals surface area contributed by atoms with Gasteiger partial charge in [0.25, 0.3) is 0 Å². The highest BCUT2D eigenvalue weighted by Crippen LogP contribution is 2.08. The van der Waals surface area contributed by atoms with E-state index in [0.29, 0.717) is 6.42 Å². The van der Waals surface area contributed by atoms with E-state index in [0.717, 1.165) is 36.9 Å². The maximum absolute atomic E-state index is 11.6. The summed E-state index contributed by atoms with van der Waals surface area (Å²) in [6.45, 7) is 5.23. The number of nitrogens with two attached hydrogens (primary N) is 2. The van der Waals surface area contributed by atoms with E-state index in [1.165, 1.54) is 0 Å².